The maximum absolute atomic E-state index is 9.12. The Hall–Kier alpha value is -1.80. The molecule has 1 aliphatic heterocycles. The lowest BCUT2D eigenvalue weighted by Gasteiger charge is -2.37. The molecule has 24 heavy (non-hydrogen) atoms. The van der Waals surface area contributed by atoms with Gasteiger partial charge < -0.3 is 30.3 Å². The van der Waals surface area contributed by atoms with Crippen LogP contribution in [0.1, 0.15) is 0 Å². The summed E-state index contributed by atoms with van der Waals surface area (Å²) in [5.41, 5.74) is 2.55. The van der Waals surface area contributed by atoms with E-state index >= 15 is 0 Å². The first-order valence-corrected chi connectivity index (χ1v) is 7.63. The van der Waals surface area contributed by atoms with Crippen LogP contribution in [0, 0.1) is 0 Å². The summed E-state index contributed by atoms with van der Waals surface area (Å²) in [7, 11) is 0. The molecule has 6 heteroatoms. The maximum Gasteiger partial charge on any atom is 0.184 e. The topological polar surface area (TPSA) is 110 Å². The van der Waals surface area contributed by atoms with Gasteiger partial charge in [-0.2, -0.15) is 0 Å². The molecule has 0 aliphatic carbocycles. The highest BCUT2D eigenvalue weighted by atomic mass is 16.6. The van der Waals surface area contributed by atoms with Gasteiger partial charge in [0.15, 0.2) is 6.29 Å². The summed E-state index contributed by atoms with van der Waals surface area (Å²) in [5.74, 6) is 0. The Morgan fingerprint density at radius 3 is 1.54 bits per heavy atom. The Bertz CT molecular complexity index is 549. The van der Waals surface area contributed by atoms with Gasteiger partial charge in [0.25, 0.3) is 0 Å². The molecule has 1 heterocycles. The Kier molecular flexibility index (Phi) is 6.86. The molecular formula is C18H22O6. The van der Waals surface area contributed by atoms with E-state index in [1.165, 1.54) is 11.1 Å². The number of ether oxygens (including phenoxy) is 1. The Labute approximate surface area is 140 Å². The number of rotatable bonds is 2. The summed E-state index contributed by atoms with van der Waals surface area (Å²) in [6, 6.07) is 20.8. The number of benzene rings is 2. The van der Waals surface area contributed by atoms with E-state index in [0.29, 0.717) is 0 Å². The Morgan fingerprint density at radius 1 is 0.667 bits per heavy atom. The van der Waals surface area contributed by atoms with Gasteiger partial charge in [0.05, 0.1) is 6.61 Å². The molecule has 5 N–H and O–H groups in total. The minimum atomic E-state index is -1.57. The molecule has 1 saturated heterocycles. The van der Waals surface area contributed by atoms with Crippen LogP contribution in [0.25, 0.3) is 11.1 Å². The van der Waals surface area contributed by atoms with Crippen molar-refractivity contribution in [3.05, 3.63) is 60.7 Å². The Balaban J connectivity index is 0.000000174. The average molecular weight is 334 g/mol. The number of aliphatic hydroxyl groups excluding tert-OH is 5. The van der Waals surface area contributed by atoms with Crippen LogP contribution in [0.4, 0.5) is 0 Å². The van der Waals surface area contributed by atoms with Crippen molar-refractivity contribution < 1.29 is 30.3 Å². The largest absolute Gasteiger partial charge is 0.394 e. The van der Waals surface area contributed by atoms with Crippen LogP contribution in [-0.2, 0) is 4.74 Å². The molecule has 0 bridgehead atoms. The van der Waals surface area contributed by atoms with E-state index in [0.717, 1.165) is 0 Å². The van der Waals surface area contributed by atoms with Gasteiger partial charge in [-0.1, -0.05) is 60.7 Å². The van der Waals surface area contributed by atoms with Crippen LogP contribution >= 0.6 is 0 Å². The van der Waals surface area contributed by atoms with Gasteiger partial charge >= 0.3 is 0 Å². The van der Waals surface area contributed by atoms with Gasteiger partial charge in [-0.25, -0.2) is 0 Å². The van der Waals surface area contributed by atoms with Crippen molar-refractivity contribution >= 4 is 0 Å². The van der Waals surface area contributed by atoms with Gasteiger partial charge in [-0.05, 0) is 11.1 Å². The summed E-state index contributed by atoms with van der Waals surface area (Å²) in [4.78, 5) is 0. The fraction of sp³-hybridized carbons (Fsp3) is 0.333. The molecule has 0 saturated carbocycles. The summed E-state index contributed by atoms with van der Waals surface area (Å²) < 4.78 is 4.58. The zero-order valence-electron chi connectivity index (χ0n) is 13.0. The van der Waals surface area contributed by atoms with Crippen molar-refractivity contribution in [3.8, 4) is 11.1 Å². The zero-order chi connectivity index (χ0) is 17.5. The van der Waals surface area contributed by atoms with Crippen LogP contribution in [0.5, 0.6) is 0 Å². The first-order valence-electron chi connectivity index (χ1n) is 7.63. The highest BCUT2D eigenvalue weighted by Crippen LogP contribution is 2.19. The van der Waals surface area contributed by atoms with Gasteiger partial charge in [0.1, 0.15) is 24.4 Å². The molecule has 0 aromatic heterocycles. The standard InChI is InChI=1S/C12H10.C6H12O6/c1-3-7-11(8-4-1)12-9-5-2-6-10-12;7-1-2-3(8)4(9)5(10)6(11)12-2/h1-10H;2-11H,1H2/t;2-,3-,4+,5+,6?/m.1/s1. The molecule has 0 spiro atoms. The van der Waals surface area contributed by atoms with E-state index in [2.05, 4.69) is 53.3 Å². The molecule has 2 aromatic carbocycles. The second kappa shape index (κ2) is 8.89. The molecule has 3 rings (SSSR count). The smallest absolute Gasteiger partial charge is 0.184 e. The summed E-state index contributed by atoms with van der Waals surface area (Å²) >= 11 is 0. The second-order valence-corrected chi connectivity index (χ2v) is 5.45. The number of aliphatic hydroxyl groups is 5. The molecule has 0 amide bonds. The van der Waals surface area contributed by atoms with Gasteiger partial charge in [0.2, 0.25) is 0 Å². The Morgan fingerprint density at radius 2 is 1.12 bits per heavy atom. The van der Waals surface area contributed by atoms with E-state index in [-0.39, 0.29) is 0 Å². The summed E-state index contributed by atoms with van der Waals surface area (Å²) in [6.07, 6.45) is -7.04. The molecular weight excluding hydrogens is 312 g/mol. The molecule has 1 aliphatic rings. The van der Waals surface area contributed by atoms with Crippen LogP contribution in [0.3, 0.4) is 0 Å². The van der Waals surface area contributed by atoms with E-state index in [9.17, 15) is 0 Å². The summed E-state index contributed by atoms with van der Waals surface area (Å²) in [6.45, 7) is -0.526. The van der Waals surface area contributed by atoms with Crippen LogP contribution in [0.2, 0.25) is 0 Å². The van der Waals surface area contributed by atoms with Crippen LogP contribution in [-0.4, -0.2) is 62.8 Å². The third-order valence-electron chi connectivity index (χ3n) is 3.75. The lowest BCUT2D eigenvalue weighted by atomic mass is 10.00. The van der Waals surface area contributed by atoms with Gasteiger partial charge in [0, 0.05) is 0 Å². The average Bonchev–Trinajstić information content (AvgIpc) is 2.65. The second-order valence-electron chi connectivity index (χ2n) is 5.45. The van der Waals surface area contributed by atoms with Gasteiger partial charge in [-0.3, -0.25) is 0 Å². The molecule has 2 aromatic rings. The zero-order valence-corrected chi connectivity index (χ0v) is 13.0. The SMILES string of the molecule is OC[C@H]1OC(O)[C@@H](O)[C@@H](O)[C@@H]1O.c1ccc(-c2ccccc2)cc1. The van der Waals surface area contributed by atoms with Gasteiger partial charge in [-0.15, -0.1) is 0 Å². The predicted molar refractivity (Wildman–Crippen MR) is 87.9 cm³/mol. The molecule has 1 fully saturated rings. The van der Waals surface area contributed by atoms with Crippen molar-refractivity contribution in [3.63, 3.8) is 0 Å². The molecule has 6 nitrogen and oxygen atoms in total. The normalized spacial score (nSPS) is 29.5. The van der Waals surface area contributed by atoms with E-state index < -0.39 is 37.3 Å². The van der Waals surface area contributed by atoms with Crippen molar-refractivity contribution in [1.29, 1.82) is 0 Å². The van der Waals surface area contributed by atoms with E-state index in [1.54, 1.807) is 0 Å². The predicted octanol–water partition coefficient (Wildman–Crippen LogP) is 0.132. The fourth-order valence-electron chi connectivity index (χ4n) is 2.34. The number of hydrogen-bond donors (Lipinski definition) is 5. The summed E-state index contributed by atoms with van der Waals surface area (Å²) in [5, 5.41) is 44.7. The highest BCUT2D eigenvalue weighted by Gasteiger charge is 2.42. The lowest BCUT2D eigenvalue weighted by Crippen LogP contribution is -2.58. The lowest BCUT2D eigenvalue weighted by molar-refractivity contribution is -0.286. The molecule has 0 radical (unpaired) electrons. The molecule has 5 atom stereocenters. The van der Waals surface area contributed by atoms with E-state index in [1.807, 2.05) is 12.1 Å². The van der Waals surface area contributed by atoms with E-state index in [4.69, 9.17) is 25.5 Å². The monoisotopic (exact) mass is 334 g/mol. The number of hydrogen-bond acceptors (Lipinski definition) is 6. The first kappa shape index (κ1) is 18.5. The molecule has 1 unspecified atom stereocenters. The quantitative estimate of drug-likeness (QED) is 0.534. The minimum absolute atomic E-state index is 0.526. The third-order valence-corrected chi connectivity index (χ3v) is 3.75. The minimum Gasteiger partial charge on any atom is -0.394 e. The van der Waals surface area contributed by atoms with Crippen molar-refractivity contribution in [2.24, 2.45) is 0 Å². The van der Waals surface area contributed by atoms with Crippen molar-refractivity contribution in [2.45, 2.75) is 30.7 Å². The molecule has 130 valence electrons. The first-order chi connectivity index (χ1) is 11.5. The van der Waals surface area contributed by atoms with Crippen molar-refractivity contribution in [1.82, 2.24) is 0 Å². The van der Waals surface area contributed by atoms with Crippen LogP contribution < -0.4 is 0 Å². The van der Waals surface area contributed by atoms with Crippen molar-refractivity contribution in [2.75, 3.05) is 6.61 Å². The maximum atomic E-state index is 9.12. The van der Waals surface area contributed by atoms with Crippen LogP contribution in [0.15, 0.2) is 60.7 Å². The fourth-order valence-corrected chi connectivity index (χ4v) is 2.34. The third kappa shape index (κ3) is 4.61. The highest BCUT2D eigenvalue weighted by molar-refractivity contribution is 5.62.